The van der Waals surface area contributed by atoms with Gasteiger partial charge in [-0.15, -0.1) is 0 Å². The van der Waals surface area contributed by atoms with E-state index in [0.29, 0.717) is 0 Å². The zero-order valence-electron chi connectivity index (χ0n) is 4.05. The van der Waals surface area contributed by atoms with Gasteiger partial charge in [-0.1, -0.05) is 0 Å². The van der Waals surface area contributed by atoms with E-state index in [0.717, 1.165) is 0 Å². The second-order valence-electron chi connectivity index (χ2n) is 1.18. The van der Waals surface area contributed by atoms with Gasteiger partial charge in [0.2, 0.25) is 0 Å². The first-order valence-electron chi connectivity index (χ1n) is 1.71. The molecule has 0 unspecified atom stereocenters. The number of hydrogen-bond acceptors (Lipinski definition) is 5. The van der Waals surface area contributed by atoms with Gasteiger partial charge in [0.15, 0.2) is 0 Å². The molecule has 0 aromatic rings. The van der Waals surface area contributed by atoms with Crippen LogP contribution in [0.25, 0.3) is 0 Å². The lowest BCUT2D eigenvalue weighted by Gasteiger charge is -1.94. The smallest absolute Gasteiger partial charge is 0.472 e. The van der Waals surface area contributed by atoms with Crippen LogP contribution in [0.15, 0.2) is 0 Å². The van der Waals surface area contributed by atoms with E-state index in [9.17, 15) is 9.59 Å². The van der Waals surface area contributed by atoms with E-state index in [2.05, 4.69) is 0 Å². The van der Waals surface area contributed by atoms with Crippen molar-refractivity contribution in [3.63, 3.8) is 0 Å². The van der Waals surface area contributed by atoms with Crippen molar-refractivity contribution in [2.45, 2.75) is 0 Å². The van der Waals surface area contributed by atoms with Gasteiger partial charge in [-0.25, -0.2) is 9.59 Å². The number of aliphatic carboxylic acids is 1. The first kappa shape index (κ1) is 8.45. The fourth-order valence-electron chi connectivity index (χ4n) is 0.128. The van der Waals surface area contributed by atoms with Crippen LogP contribution in [0.5, 0.6) is 0 Å². The monoisotopic (exact) mass is 155 g/mol. The Kier molecular flexibility index (Phi) is 2.22. The molecule has 0 aliphatic rings. The van der Waals surface area contributed by atoms with E-state index < -0.39 is 19.4 Å². The highest BCUT2D eigenvalue weighted by molar-refractivity contribution is 7.78. The summed E-state index contributed by atoms with van der Waals surface area (Å²) in [6.45, 7) is 0. The number of hydrogen-bond donors (Lipinski definition) is 4. The van der Waals surface area contributed by atoms with Gasteiger partial charge in [0.05, 0.1) is 0 Å². The molecule has 52 valence electrons. The molecular formula is C2H4O6P+. The van der Waals surface area contributed by atoms with Crippen molar-refractivity contribution in [3.05, 3.63) is 0 Å². The van der Waals surface area contributed by atoms with E-state index in [-0.39, 0.29) is 0 Å². The fourth-order valence-corrected chi connectivity index (χ4v) is 0.385. The van der Waals surface area contributed by atoms with Crippen molar-refractivity contribution in [1.82, 2.24) is 0 Å². The van der Waals surface area contributed by atoms with Crippen LogP contribution in [0.3, 0.4) is 0 Å². The fraction of sp³-hybridized carbons (Fsp3) is 0. The maximum Gasteiger partial charge on any atom is 0.491 e. The van der Waals surface area contributed by atoms with Crippen LogP contribution in [0.1, 0.15) is 0 Å². The van der Waals surface area contributed by atoms with Crippen molar-refractivity contribution >= 4 is 19.4 Å². The van der Waals surface area contributed by atoms with Crippen molar-refractivity contribution in [2.75, 3.05) is 0 Å². The molecule has 0 spiro atoms. The summed E-state index contributed by atoms with van der Waals surface area (Å²) < 4.78 is 0. The molecule has 7 heteroatoms. The Labute approximate surface area is 49.9 Å². The highest BCUT2D eigenvalue weighted by atomic mass is 31.2. The molecule has 0 radical (unpaired) electrons. The molecule has 0 saturated heterocycles. The van der Waals surface area contributed by atoms with Gasteiger partial charge in [0.1, 0.15) is 0 Å². The number of rotatable bonds is 2. The molecule has 0 heterocycles. The molecule has 0 aliphatic heterocycles. The van der Waals surface area contributed by atoms with Gasteiger partial charge in [-0.05, 0) is 0 Å². The SMILES string of the molecule is O=C(O)C(=O)[P+](O)(O)O. The Morgan fingerprint density at radius 2 is 1.44 bits per heavy atom. The summed E-state index contributed by atoms with van der Waals surface area (Å²) in [6, 6.07) is 0. The lowest BCUT2D eigenvalue weighted by Crippen LogP contribution is -2.15. The van der Waals surface area contributed by atoms with Crippen molar-refractivity contribution < 1.29 is 29.4 Å². The second-order valence-corrected chi connectivity index (χ2v) is 2.72. The highest BCUT2D eigenvalue weighted by Crippen LogP contribution is 2.45. The molecule has 9 heavy (non-hydrogen) atoms. The summed E-state index contributed by atoms with van der Waals surface area (Å²) in [6.07, 6.45) is 0. The van der Waals surface area contributed by atoms with Crippen LogP contribution < -0.4 is 0 Å². The maximum atomic E-state index is 9.86. The van der Waals surface area contributed by atoms with Gasteiger partial charge in [-0.2, -0.15) is 14.7 Å². The molecule has 0 saturated carbocycles. The highest BCUT2D eigenvalue weighted by Gasteiger charge is 2.48. The average Bonchev–Trinajstić information content (AvgIpc) is 1.62. The van der Waals surface area contributed by atoms with E-state index in [1.165, 1.54) is 0 Å². The normalized spacial score (nSPS) is 11.0. The number of carbonyl (C=O) groups is 2. The first-order chi connectivity index (χ1) is 3.85. The number of carbonyl (C=O) groups excluding carboxylic acids is 1. The zero-order chi connectivity index (χ0) is 7.65. The minimum atomic E-state index is -4.80. The van der Waals surface area contributed by atoms with Crippen LogP contribution in [0.4, 0.5) is 0 Å². The molecule has 0 bridgehead atoms. The summed E-state index contributed by atoms with van der Waals surface area (Å²) in [5, 5.41) is 7.72. The molecule has 0 atom stereocenters. The van der Waals surface area contributed by atoms with E-state index >= 15 is 0 Å². The van der Waals surface area contributed by atoms with Gasteiger partial charge in [0.25, 0.3) is 0 Å². The topological polar surface area (TPSA) is 115 Å². The molecule has 4 N–H and O–H groups in total. The minimum absolute atomic E-state index is 1.97. The molecule has 0 aromatic heterocycles. The Hall–Kier alpha value is -0.550. The standard InChI is InChI=1S/C2H3O6P/c3-1(4)2(5)9(6,7)8/h6-8H/p+1. The van der Waals surface area contributed by atoms with E-state index in [1.54, 1.807) is 0 Å². The van der Waals surface area contributed by atoms with Gasteiger partial charge < -0.3 is 5.11 Å². The van der Waals surface area contributed by atoms with Crippen molar-refractivity contribution in [1.29, 1.82) is 0 Å². The van der Waals surface area contributed by atoms with Crippen LogP contribution in [-0.2, 0) is 9.59 Å². The molecule has 6 nitrogen and oxygen atoms in total. The predicted octanol–water partition coefficient (Wildman–Crippen LogP) is -1.66. The lowest BCUT2D eigenvalue weighted by atomic mass is 10.8. The van der Waals surface area contributed by atoms with Gasteiger partial charge >= 0.3 is 19.4 Å². The van der Waals surface area contributed by atoms with E-state index in [1.807, 2.05) is 0 Å². The van der Waals surface area contributed by atoms with Crippen LogP contribution in [0.2, 0.25) is 0 Å². The number of carboxylic acids is 1. The third-order valence-corrected chi connectivity index (χ3v) is 1.19. The summed E-state index contributed by atoms with van der Waals surface area (Å²) >= 11 is 0. The second kappa shape index (κ2) is 2.36. The van der Waals surface area contributed by atoms with Crippen molar-refractivity contribution in [3.8, 4) is 0 Å². The van der Waals surface area contributed by atoms with Crippen LogP contribution in [-0.4, -0.2) is 31.3 Å². The molecular weight excluding hydrogens is 151 g/mol. The Bertz CT molecular complexity index is 144. The van der Waals surface area contributed by atoms with Gasteiger partial charge in [-0.3, -0.25) is 0 Å². The Balaban J connectivity index is 4.23. The first-order valence-corrected chi connectivity index (χ1v) is 3.35. The van der Waals surface area contributed by atoms with Crippen molar-refractivity contribution in [2.24, 2.45) is 0 Å². The Morgan fingerprint density at radius 3 is 1.44 bits per heavy atom. The molecule has 0 amide bonds. The average molecular weight is 155 g/mol. The quantitative estimate of drug-likeness (QED) is 0.280. The Morgan fingerprint density at radius 1 is 1.11 bits per heavy atom. The summed E-state index contributed by atoms with van der Waals surface area (Å²) in [5.41, 5.74) is -1.97. The number of carboxylic acid groups (broad SMARTS) is 1. The van der Waals surface area contributed by atoms with Gasteiger partial charge in [0, 0.05) is 0 Å². The molecule has 0 rings (SSSR count). The molecule has 0 fully saturated rings. The maximum absolute atomic E-state index is 9.86. The largest absolute Gasteiger partial charge is 0.491 e. The summed E-state index contributed by atoms with van der Waals surface area (Å²) in [5.74, 6) is -2.06. The third kappa shape index (κ3) is 2.48. The zero-order valence-corrected chi connectivity index (χ0v) is 4.95. The van der Waals surface area contributed by atoms with E-state index in [4.69, 9.17) is 19.8 Å². The summed E-state index contributed by atoms with van der Waals surface area (Å²) in [7, 11) is -4.80. The lowest BCUT2D eigenvalue weighted by molar-refractivity contribution is -0.146. The predicted molar refractivity (Wildman–Crippen MR) is 26.2 cm³/mol. The summed E-state index contributed by atoms with van der Waals surface area (Å²) in [4.78, 5) is 43.3. The van der Waals surface area contributed by atoms with Crippen LogP contribution >= 0.6 is 7.94 Å². The molecule has 0 aromatic carbocycles. The minimum Gasteiger partial charge on any atom is -0.472 e. The third-order valence-electron chi connectivity index (χ3n) is 0.455. The molecule has 0 aliphatic carbocycles. The van der Waals surface area contributed by atoms with Crippen LogP contribution in [0, 0.1) is 0 Å².